The second kappa shape index (κ2) is 11.9. The minimum absolute atomic E-state index is 0.0871. The van der Waals surface area contributed by atoms with E-state index in [9.17, 15) is 14.7 Å². The Balaban J connectivity index is 1.75. The molecule has 1 heterocycles. The molecular weight excluding hydrogens is 440 g/mol. The zero-order valence-corrected chi connectivity index (χ0v) is 20.7. The molecule has 0 unspecified atom stereocenters. The summed E-state index contributed by atoms with van der Waals surface area (Å²) in [5.74, 6) is -0.592. The number of nitrogens with zero attached hydrogens (tertiary/aromatic N) is 1. The van der Waals surface area contributed by atoms with Gasteiger partial charge in [-0.3, -0.25) is 9.59 Å². The fourth-order valence-electron chi connectivity index (χ4n) is 3.58. The molecule has 1 amide bonds. The lowest BCUT2D eigenvalue weighted by molar-refractivity contribution is -0.111. The van der Waals surface area contributed by atoms with Gasteiger partial charge in [0.15, 0.2) is 5.75 Å². The number of aromatic nitrogens is 1. The number of hydrogen-bond acceptors (Lipinski definition) is 4. The molecule has 2 N–H and O–H groups in total. The summed E-state index contributed by atoms with van der Waals surface area (Å²) < 4.78 is 7.08. The van der Waals surface area contributed by atoms with Gasteiger partial charge < -0.3 is 19.7 Å². The maximum Gasteiger partial charge on any atom is 0.297 e. The second-order valence-electron chi connectivity index (χ2n) is 8.69. The predicted octanol–water partition coefficient (Wildman–Crippen LogP) is 5.97. The number of nitrogens with one attached hydrogen (secondary N) is 1. The lowest BCUT2D eigenvalue weighted by Gasteiger charge is -2.13. The van der Waals surface area contributed by atoms with Crippen LogP contribution in [0.15, 0.2) is 82.7 Å². The Labute approximate surface area is 205 Å². The van der Waals surface area contributed by atoms with Crippen LogP contribution in [-0.2, 0) is 11.8 Å². The van der Waals surface area contributed by atoms with Gasteiger partial charge in [-0.1, -0.05) is 47.6 Å². The van der Waals surface area contributed by atoms with Crippen molar-refractivity contribution in [3.05, 3.63) is 93.8 Å². The number of benzene rings is 2. The van der Waals surface area contributed by atoms with E-state index in [1.54, 1.807) is 31.3 Å². The van der Waals surface area contributed by atoms with Gasteiger partial charge in [0.25, 0.3) is 5.56 Å². The van der Waals surface area contributed by atoms with Crippen LogP contribution in [-0.4, -0.2) is 22.2 Å². The number of amides is 1. The predicted molar refractivity (Wildman–Crippen MR) is 143 cm³/mol. The SMILES string of the molecule is CC(C)=CCC/C(C)=C/COc1c(O)c2ccc(NC(=O)C=Cc3ccccc3)cc2n(C)c1=O. The highest BCUT2D eigenvalue weighted by atomic mass is 16.5. The van der Waals surface area contributed by atoms with Gasteiger partial charge in [0.05, 0.1) is 5.52 Å². The monoisotopic (exact) mass is 472 g/mol. The van der Waals surface area contributed by atoms with Crippen LogP contribution in [0.3, 0.4) is 0 Å². The summed E-state index contributed by atoms with van der Waals surface area (Å²) in [4.78, 5) is 25.2. The fourth-order valence-corrected chi connectivity index (χ4v) is 3.58. The van der Waals surface area contributed by atoms with Crippen molar-refractivity contribution in [2.45, 2.75) is 33.6 Å². The number of carbonyl (C=O) groups is 1. The van der Waals surface area contributed by atoms with E-state index in [4.69, 9.17) is 4.74 Å². The van der Waals surface area contributed by atoms with E-state index in [1.807, 2.05) is 43.3 Å². The molecule has 0 radical (unpaired) electrons. The van der Waals surface area contributed by atoms with Crippen LogP contribution >= 0.6 is 0 Å². The quantitative estimate of drug-likeness (QED) is 0.297. The number of hydrogen-bond donors (Lipinski definition) is 2. The maximum absolute atomic E-state index is 12.9. The first-order valence-electron chi connectivity index (χ1n) is 11.6. The smallest absolute Gasteiger partial charge is 0.297 e. The molecule has 0 aliphatic heterocycles. The van der Waals surface area contributed by atoms with Crippen LogP contribution in [0, 0.1) is 0 Å². The van der Waals surface area contributed by atoms with Gasteiger partial charge in [-0.25, -0.2) is 0 Å². The molecule has 0 atom stereocenters. The topological polar surface area (TPSA) is 80.6 Å². The first-order chi connectivity index (χ1) is 16.8. The van der Waals surface area contributed by atoms with Gasteiger partial charge in [0.1, 0.15) is 6.61 Å². The number of aryl methyl sites for hydroxylation is 1. The van der Waals surface area contributed by atoms with E-state index in [2.05, 4.69) is 25.2 Å². The summed E-state index contributed by atoms with van der Waals surface area (Å²) in [6.07, 6.45) is 9.13. The average molecular weight is 473 g/mol. The molecule has 6 heteroatoms. The van der Waals surface area contributed by atoms with E-state index in [1.165, 1.54) is 16.2 Å². The third kappa shape index (κ3) is 6.96. The number of anilines is 1. The molecule has 6 nitrogen and oxygen atoms in total. The number of carbonyl (C=O) groups excluding carboxylic acids is 1. The molecule has 3 rings (SSSR count). The minimum atomic E-state index is -0.446. The van der Waals surface area contributed by atoms with Crippen LogP contribution in [0.25, 0.3) is 17.0 Å². The van der Waals surface area contributed by atoms with Crippen LogP contribution in [0.4, 0.5) is 5.69 Å². The van der Waals surface area contributed by atoms with Crippen molar-refractivity contribution in [2.75, 3.05) is 11.9 Å². The maximum atomic E-state index is 12.9. The molecule has 0 saturated heterocycles. The zero-order chi connectivity index (χ0) is 25.4. The zero-order valence-electron chi connectivity index (χ0n) is 20.7. The molecule has 0 aliphatic carbocycles. The summed E-state index contributed by atoms with van der Waals surface area (Å²) in [5.41, 5.74) is 3.90. The molecule has 1 aromatic heterocycles. The lowest BCUT2D eigenvalue weighted by atomic mass is 10.1. The van der Waals surface area contributed by atoms with Gasteiger partial charge in [-0.2, -0.15) is 0 Å². The number of allylic oxidation sites excluding steroid dienone is 3. The highest BCUT2D eigenvalue weighted by molar-refractivity contribution is 6.03. The highest BCUT2D eigenvalue weighted by Crippen LogP contribution is 2.32. The number of rotatable bonds is 9. The summed E-state index contributed by atoms with van der Waals surface area (Å²) in [7, 11) is 1.61. The Kier molecular flexibility index (Phi) is 8.68. The third-order valence-electron chi connectivity index (χ3n) is 5.57. The van der Waals surface area contributed by atoms with Crippen molar-refractivity contribution < 1.29 is 14.6 Å². The Morgan fingerprint density at radius 2 is 1.83 bits per heavy atom. The fraction of sp³-hybridized carbons (Fsp3) is 0.241. The largest absolute Gasteiger partial charge is 0.504 e. The Morgan fingerprint density at radius 3 is 2.54 bits per heavy atom. The number of aromatic hydroxyl groups is 1. The molecule has 3 aromatic rings. The number of fused-ring (bicyclic) bond motifs is 1. The molecule has 0 bridgehead atoms. The van der Waals surface area contributed by atoms with Crippen molar-refractivity contribution in [2.24, 2.45) is 7.05 Å². The van der Waals surface area contributed by atoms with Crippen molar-refractivity contribution in [1.82, 2.24) is 4.57 Å². The summed E-state index contributed by atoms with van der Waals surface area (Å²) in [6.45, 7) is 6.35. The first-order valence-corrected chi connectivity index (χ1v) is 11.6. The van der Waals surface area contributed by atoms with Gasteiger partial charge in [-0.05, 0) is 69.5 Å². The summed E-state index contributed by atoms with van der Waals surface area (Å²) >= 11 is 0. The van der Waals surface area contributed by atoms with Crippen molar-refractivity contribution in [3.8, 4) is 11.5 Å². The average Bonchev–Trinajstić information content (AvgIpc) is 2.84. The summed E-state index contributed by atoms with van der Waals surface area (Å²) in [5, 5.41) is 14.0. The minimum Gasteiger partial charge on any atom is -0.504 e. The van der Waals surface area contributed by atoms with Gasteiger partial charge in [-0.15, -0.1) is 0 Å². The second-order valence-corrected chi connectivity index (χ2v) is 8.69. The molecular formula is C29H32N2O4. The van der Waals surface area contributed by atoms with E-state index in [0.717, 1.165) is 24.0 Å². The van der Waals surface area contributed by atoms with Crippen LogP contribution in [0.1, 0.15) is 39.2 Å². The van der Waals surface area contributed by atoms with E-state index >= 15 is 0 Å². The molecule has 0 fully saturated rings. The van der Waals surface area contributed by atoms with Gasteiger partial charge >= 0.3 is 0 Å². The molecule has 0 aliphatic rings. The first kappa shape index (κ1) is 25.6. The van der Waals surface area contributed by atoms with Gasteiger partial charge in [0, 0.05) is 24.2 Å². The van der Waals surface area contributed by atoms with Crippen LogP contribution in [0.5, 0.6) is 11.5 Å². The normalized spacial score (nSPS) is 11.6. The standard InChI is InChI=1S/C29H32N2O4/c1-20(2)9-8-10-21(3)17-18-35-28-27(33)24-15-14-23(19-25(24)31(4)29(28)34)30-26(32)16-13-22-11-6-5-7-12-22/h5-7,9,11-17,19,33H,8,10,18H2,1-4H3,(H,30,32)/b16-13?,21-17+. The van der Waals surface area contributed by atoms with Crippen molar-refractivity contribution in [1.29, 1.82) is 0 Å². The molecule has 182 valence electrons. The highest BCUT2D eigenvalue weighted by Gasteiger charge is 2.16. The van der Waals surface area contributed by atoms with Crippen LogP contribution in [0.2, 0.25) is 0 Å². The van der Waals surface area contributed by atoms with E-state index in [0.29, 0.717) is 16.6 Å². The summed E-state index contributed by atoms with van der Waals surface area (Å²) in [6, 6.07) is 14.5. The van der Waals surface area contributed by atoms with Gasteiger partial charge in [0.2, 0.25) is 11.7 Å². The molecule has 2 aromatic carbocycles. The Morgan fingerprint density at radius 1 is 1.09 bits per heavy atom. The Bertz CT molecular complexity index is 1340. The Hall–Kier alpha value is -4.06. The van der Waals surface area contributed by atoms with E-state index < -0.39 is 5.56 Å². The van der Waals surface area contributed by atoms with Crippen molar-refractivity contribution in [3.63, 3.8) is 0 Å². The van der Waals surface area contributed by atoms with E-state index in [-0.39, 0.29) is 24.0 Å². The van der Waals surface area contributed by atoms with Crippen molar-refractivity contribution >= 4 is 28.6 Å². The van der Waals surface area contributed by atoms with Crippen LogP contribution < -0.4 is 15.6 Å². The number of ether oxygens (including phenoxy) is 1. The number of pyridine rings is 1. The molecule has 35 heavy (non-hydrogen) atoms. The third-order valence-corrected chi connectivity index (χ3v) is 5.57. The molecule has 0 saturated carbocycles. The lowest BCUT2D eigenvalue weighted by Crippen LogP contribution is -2.20. The molecule has 0 spiro atoms.